The number of carbonyl (C=O) groups excluding carboxylic acids is 4. The molecule has 0 spiro atoms. The van der Waals surface area contributed by atoms with E-state index in [0.29, 0.717) is 28.6 Å². The van der Waals surface area contributed by atoms with Crippen molar-refractivity contribution in [3.63, 3.8) is 0 Å². The number of hydrogen-bond donors (Lipinski definition) is 2. The first-order chi connectivity index (χ1) is 19.2. The highest BCUT2D eigenvalue weighted by atomic mass is 35.5. The fraction of sp³-hybridized carbons (Fsp3) is 0.143. The molecule has 3 aromatic rings. The van der Waals surface area contributed by atoms with Crippen molar-refractivity contribution in [2.45, 2.75) is 6.92 Å². The first-order valence-corrected chi connectivity index (χ1v) is 12.7. The number of amides is 5. The van der Waals surface area contributed by atoms with Crippen molar-refractivity contribution < 1.29 is 33.4 Å². The largest absolute Gasteiger partial charge is 0.494 e. The summed E-state index contributed by atoms with van der Waals surface area (Å²) < 4.78 is 16.4. The third kappa shape index (κ3) is 6.36. The molecule has 1 saturated heterocycles. The Hall–Kier alpha value is -4.54. The van der Waals surface area contributed by atoms with Gasteiger partial charge in [0.2, 0.25) is 0 Å². The van der Waals surface area contributed by atoms with E-state index in [1.165, 1.54) is 37.5 Å². The summed E-state index contributed by atoms with van der Waals surface area (Å²) in [5.41, 5.74) is 0.679. The minimum absolute atomic E-state index is 0.0554. The van der Waals surface area contributed by atoms with Crippen molar-refractivity contribution in [3.05, 3.63) is 81.8 Å². The number of urea groups is 1. The molecule has 10 nitrogen and oxygen atoms in total. The van der Waals surface area contributed by atoms with Crippen molar-refractivity contribution >= 4 is 64.4 Å². The molecule has 1 aliphatic heterocycles. The molecule has 1 aliphatic rings. The fourth-order valence-corrected chi connectivity index (χ4v) is 4.22. The predicted molar refractivity (Wildman–Crippen MR) is 150 cm³/mol. The number of nitrogens with one attached hydrogen (secondary N) is 2. The summed E-state index contributed by atoms with van der Waals surface area (Å²) in [6.07, 6.45) is 1.27. The number of carbonyl (C=O) groups is 4. The van der Waals surface area contributed by atoms with Crippen molar-refractivity contribution in [2.75, 3.05) is 30.5 Å². The number of para-hydroxylation sites is 1. The van der Waals surface area contributed by atoms with Crippen LogP contribution in [0.1, 0.15) is 12.5 Å². The number of anilines is 2. The van der Waals surface area contributed by atoms with E-state index in [1.807, 2.05) is 6.92 Å². The highest BCUT2D eigenvalue weighted by Gasteiger charge is 2.37. The van der Waals surface area contributed by atoms with Gasteiger partial charge in [-0.25, -0.2) is 9.69 Å². The zero-order valence-electron chi connectivity index (χ0n) is 21.3. The second-order valence-electron chi connectivity index (χ2n) is 8.24. The lowest BCUT2D eigenvalue weighted by Gasteiger charge is -2.26. The molecule has 0 unspecified atom stereocenters. The van der Waals surface area contributed by atoms with Gasteiger partial charge >= 0.3 is 6.03 Å². The summed E-state index contributed by atoms with van der Waals surface area (Å²) in [5.74, 6) is -1.40. The molecule has 0 saturated carbocycles. The van der Waals surface area contributed by atoms with Gasteiger partial charge in [0.05, 0.1) is 35.1 Å². The highest BCUT2D eigenvalue weighted by Crippen LogP contribution is 2.37. The summed E-state index contributed by atoms with van der Waals surface area (Å²) in [4.78, 5) is 51.5. The molecule has 3 aromatic carbocycles. The first kappa shape index (κ1) is 28.5. The Bertz CT molecular complexity index is 1510. The number of halogens is 2. The minimum Gasteiger partial charge on any atom is -0.494 e. The third-order valence-electron chi connectivity index (χ3n) is 5.57. The normalized spacial score (nSPS) is 14.2. The number of barbiturate groups is 1. The molecule has 2 N–H and O–H groups in total. The van der Waals surface area contributed by atoms with E-state index in [9.17, 15) is 19.2 Å². The maximum atomic E-state index is 13.2. The van der Waals surface area contributed by atoms with Gasteiger partial charge in [-0.15, -0.1) is 0 Å². The summed E-state index contributed by atoms with van der Waals surface area (Å²) in [6, 6.07) is 15.0. The van der Waals surface area contributed by atoms with Crippen LogP contribution < -0.4 is 29.7 Å². The van der Waals surface area contributed by atoms with E-state index in [-0.39, 0.29) is 27.8 Å². The molecule has 0 aliphatic carbocycles. The van der Waals surface area contributed by atoms with Crippen LogP contribution in [0.4, 0.5) is 16.2 Å². The van der Waals surface area contributed by atoms with Crippen LogP contribution in [0.3, 0.4) is 0 Å². The molecule has 40 heavy (non-hydrogen) atoms. The Labute approximate surface area is 239 Å². The maximum absolute atomic E-state index is 13.2. The fourth-order valence-electron chi connectivity index (χ4n) is 3.77. The van der Waals surface area contributed by atoms with Crippen LogP contribution in [-0.2, 0) is 14.4 Å². The molecule has 0 bridgehead atoms. The molecule has 206 valence electrons. The Balaban J connectivity index is 1.55. The van der Waals surface area contributed by atoms with E-state index < -0.39 is 30.4 Å². The third-order valence-corrected chi connectivity index (χ3v) is 6.18. The predicted octanol–water partition coefficient (Wildman–Crippen LogP) is 5.08. The van der Waals surface area contributed by atoms with E-state index >= 15 is 0 Å². The molecular formula is C28H23Cl2N3O7. The number of nitrogens with zero attached hydrogens (tertiary/aromatic N) is 1. The van der Waals surface area contributed by atoms with Crippen LogP contribution in [0, 0.1) is 0 Å². The van der Waals surface area contributed by atoms with Gasteiger partial charge in [-0.3, -0.25) is 19.7 Å². The van der Waals surface area contributed by atoms with Gasteiger partial charge in [0, 0.05) is 0 Å². The van der Waals surface area contributed by atoms with Crippen molar-refractivity contribution in [1.29, 1.82) is 0 Å². The maximum Gasteiger partial charge on any atom is 0.335 e. The van der Waals surface area contributed by atoms with Crippen molar-refractivity contribution in [2.24, 2.45) is 0 Å². The Morgan fingerprint density at radius 1 is 1.00 bits per heavy atom. The monoisotopic (exact) mass is 583 g/mol. The molecule has 0 aromatic heterocycles. The molecule has 12 heteroatoms. The molecule has 0 atom stereocenters. The molecule has 1 heterocycles. The average molecular weight is 584 g/mol. The number of rotatable bonds is 9. The van der Waals surface area contributed by atoms with Crippen LogP contribution in [0.2, 0.25) is 10.0 Å². The van der Waals surface area contributed by atoms with Crippen molar-refractivity contribution in [3.8, 4) is 17.2 Å². The number of ether oxygens (including phenoxy) is 3. The van der Waals surface area contributed by atoms with Gasteiger partial charge in [-0.05, 0) is 67.1 Å². The zero-order valence-corrected chi connectivity index (χ0v) is 22.8. The van der Waals surface area contributed by atoms with Crippen molar-refractivity contribution in [1.82, 2.24) is 5.32 Å². The summed E-state index contributed by atoms with van der Waals surface area (Å²) in [7, 11) is 1.37. The van der Waals surface area contributed by atoms with Crippen LogP contribution in [-0.4, -0.2) is 44.1 Å². The van der Waals surface area contributed by atoms with Gasteiger partial charge in [0.1, 0.15) is 11.3 Å². The lowest BCUT2D eigenvalue weighted by Crippen LogP contribution is -2.54. The Kier molecular flexibility index (Phi) is 8.93. The van der Waals surface area contributed by atoms with Crippen LogP contribution >= 0.6 is 23.2 Å². The zero-order chi connectivity index (χ0) is 28.8. The average Bonchev–Trinajstić information content (AvgIpc) is 2.92. The van der Waals surface area contributed by atoms with E-state index in [4.69, 9.17) is 37.4 Å². The highest BCUT2D eigenvalue weighted by molar-refractivity contribution is 6.39. The summed E-state index contributed by atoms with van der Waals surface area (Å²) in [6.45, 7) is 1.88. The molecular weight excluding hydrogens is 561 g/mol. The summed E-state index contributed by atoms with van der Waals surface area (Å²) >= 11 is 12.5. The van der Waals surface area contributed by atoms with Crippen LogP contribution in [0.5, 0.6) is 17.2 Å². The van der Waals surface area contributed by atoms with Crippen LogP contribution in [0.15, 0.2) is 66.2 Å². The van der Waals surface area contributed by atoms with Gasteiger partial charge < -0.3 is 19.5 Å². The number of methoxy groups -OCH3 is 1. The Morgan fingerprint density at radius 2 is 1.73 bits per heavy atom. The smallest absolute Gasteiger partial charge is 0.335 e. The minimum atomic E-state index is -0.884. The quantitative estimate of drug-likeness (QED) is 0.266. The molecule has 0 radical (unpaired) electrons. The second kappa shape index (κ2) is 12.5. The first-order valence-electron chi connectivity index (χ1n) is 11.9. The lowest BCUT2D eigenvalue weighted by molar-refractivity contribution is -0.122. The van der Waals surface area contributed by atoms with Gasteiger partial charge in [0.25, 0.3) is 17.7 Å². The summed E-state index contributed by atoms with van der Waals surface area (Å²) in [5, 5.41) is 5.22. The van der Waals surface area contributed by atoms with Gasteiger partial charge in [-0.2, -0.15) is 0 Å². The SMILES string of the molecule is CCOc1ccc(N2C(=O)NC(=O)/C(=C\c3cc(Cl)c(OCC(=O)Nc4ccccc4Cl)c(OC)c3)C2=O)cc1. The van der Waals surface area contributed by atoms with E-state index in [1.54, 1.807) is 36.4 Å². The number of imide groups is 2. The van der Waals surface area contributed by atoms with Gasteiger partial charge in [-0.1, -0.05) is 35.3 Å². The molecule has 5 amide bonds. The Morgan fingerprint density at radius 3 is 2.40 bits per heavy atom. The number of benzene rings is 3. The standard InChI is InChI=1S/C28H23Cl2N3O7/c1-3-39-18-10-8-17(9-11-18)33-27(36)19(26(35)32-28(33)37)12-16-13-21(30)25(23(14-16)38-2)40-15-24(34)31-22-7-5-4-6-20(22)29/h4-14H,3,15H2,1-2H3,(H,31,34)(H,32,35,37)/b19-12+. The van der Waals surface area contributed by atoms with E-state index in [2.05, 4.69) is 10.6 Å². The topological polar surface area (TPSA) is 123 Å². The van der Waals surface area contributed by atoms with Crippen LogP contribution in [0.25, 0.3) is 6.08 Å². The van der Waals surface area contributed by atoms with Gasteiger partial charge in [0.15, 0.2) is 18.1 Å². The molecule has 4 rings (SSSR count). The number of hydrogen-bond acceptors (Lipinski definition) is 7. The molecule has 1 fully saturated rings. The van der Waals surface area contributed by atoms with E-state index in [0.717, 1.165) is 4.90 Å². The second-order valence-corrected chi connectivity index (χ2v) is 9.05. The lowest BCUT2D eigenvalue weighted by atomic mass is 10.1.